The van der Waals surface area contributed by atoms with Gasteiger partial charge in [-0.05, 0) is 24.7 Å². The minimum absolute atomic E-state index is 0.378. The van der Waals surface area contributed by atoms with Crippen LogP contribution in [0, 0.1) is 11.8 Å². The maximum atomic E-state index is 6.03. The smallest absolute Gasteiger partial charge is 0.0194 e. The molecule has 1 unspecified atom stereocenters. The van der Waals surface area contributed by atoms with Gasteiger partial charge in [-0.2, -0.15) is 0 Å². The normalized spacial score (nSPS) is 31.8. The Hall–Kier alpha value is -0.0800. The second kappa shape index (κ2) is 4.24. The van der Waals surface area contributed by atoms with E-state index in [0.717, 1.165) is 18.4 Å². The van der Waals surface area contributed by atoms with Crippen LogP contribution in [0.5, 0.6) is 0 Å². The third-order valence-corrected chi connectivity index (χ3v) is 2.78. The molecule has 1 fully saturated rings. The van der Waals surface area contributed by atoms with Crippen molar-refractivity contribution in [2.24, 2.45) is 17.6 Å². The van der Waals surface area contributed by atoms with Crippen LogP contribution >= 0.6 is 0 Å². The van der Waals surface area contributed by atoms with Gasteiger partial charge >= 0.3 is 0 Å². The van der Waals surface area contributed by atoms with Crippen LogP contribution in [0.3, 0.4) is 0 Å². The summed E-state index contributed by atoms with van der Waals surface area (Å²) in [5, 5.41) is 3.38. The zero-order valence-corrected chi connectivity index (χ0v) is 8.51. The van der Waals surface area contributed by atoms with E-state index < -0.39 is 0 Å². The van der Waals surface area contributed by atoms with Gasteiger partial charge in [0.1, 0.15) is 0 Å². The predicted octanol–water partition coefficient (Wildman–Crippen LogP) is 1.36. The number of nitrogens with one attached hydrogen (secondary N) is 1. The van der Waals surface area contributed by atoms with E-state index in [2.05, 4.69) is 26.1 Å². The van der Waals surface area contributed by atoms with Crippen LogP contribution in [0.15, 0.2) is 0 Å². The molecule has 0 heterocycles. The summed E-state index contributed by atoms with van der Waals surface area (Å²) in [6.07, 6.45) is 2.67. The van der Waals surface area contributed by atoms with E-state index >= 15 is 0 Å². The highest BCUT2D eigenvalue weighted by Gasteiger charge is 2.29. The first-order valence-corrected chi connectivity index (χ1v) is 5.08. The van der Waals surface area contributed by atoms with Crippen molar-refractivity contribution in [1.82, 2.24) is 5.32 Å². The van der Waals surface area contributed by atoms with Crippen molar-refractivity contribution in [1.29, 1.82) is 0 Å². The molecule has 0 bridgehead atoms. The maximum Gasteiger partial charge on any atom is 0.0194 e. The van der Waals surface area contributed by atoms with Crippen LogP contribution in [-0.4, -0.2) is 18.6 Å². The minimum Gasteiger partial charge on any atom is -0.326 e. The van der Waals surface area contributed by atoms with Gasteiger partial charge in [0.25, 0.3) is 0 Å². The van der Waals surface area contributed by atoms with Crippen LogP contribution in [0.25, 0.3) is 0 Å². The minimum atomic E-state index is 0.378. The summed E-state index contributed by atoms with van der Waals surface area (Å²) in [6, 6.07) is 0.942. The summed E-state index contributed by atoms with van der Waals surface area (Å²) < 4.78 is 0. The zero-order valence-electron chi connectivity index (χ0n) is 8.51. The quantitative estimate of drug-likeness (QED) is 0.668. The Kier molecular flexibility index (Phi) is 3.53. The molecule has 2 nitrogen and oxygen atoms in total. The highest BCUT2D eigenvalue weighted by molar-refractivity contribution is 4.85. The summed E-state index contributed by atoms with van der Waals surface area (Å²) in [7, 11) is 0. The monoisotopic (exact) mass is 170 g/mol. The van der Waals surface area contributed by atoms with Gasteiger partial charge in [0.15, 0.2) is 0 Å². The number of hydrogen-bond donors (Lipinski definition) is 2. The summed E-state index contributed by atoms with van der Waals surface area (Å²) in [6.45, 7) is 7.61. The van der Waals surface area contributed by atoms with Gasteiger partial charge in [0, 0.05) is 18.6 Å². The first kappa shape index (κ1) is 10.0. The molecule has 0 saturated heterocycles. The molecule has 0 radical (unpaired) electrons. The first-order valence-electron chi connectivity index (χ1n) is 5.08. The van der Waals surface area contributed by atoms with Gasteiger partial charge in [0.05, 0.1) is 0 Å². The lowest BCUT2D eigenvalue weighted by molar-refractivity contribution is 0.174. The summed E-state index contributed by atoms with van der Waals surface area (Å²) in [4.78, 5) is 0. The third-order valence-electron chi connectivity index (χ3n) is 2.78. The van der Waals surface area contributed by atoms with Crippen molar-refractivity contribution in [3.05, 3.63) is 0 Å². The molecule has 0 spiro atoms. The van der Waals surface area contributed by atoms with E-state index in [9.17, 15) is 0 Å². The lowest BCUT2D eigenvalue weighted by atomic mass is 9.72. The van der Waals surface area contributed by atoms with Crippen LogP contribution in [0.1, 0.15) is 33.6 Å². The molecule has 1 atom stereocenters. The molecule has 0 aromatic heterocycles. The van der Waals surface area contributed by atoms with E-state index in [0.29, 0.717) is 12.1 Å². The van der Waals surface area contributed by atoms with E-state index in [1.54, 1.807) is 0 Å². The average Bonchev–Trinajstić information content (AvgIpc) is 1.94. The van der Waals surface area contributed by atoms with E-state index in [1.807, 2.05) is 0 Å². The lowest BCUT2D eigenvalue weighted by Gasteiger charge is -2.37. The molecule has 1 rings (SSSR count). The maximum absolute atomic E-state index is 6.03. The summed E-state index contributed by atoms with van der Waals surface area (Å²) >= 11 is 0. The van der Waals surface area contributed by atoms with Gasteiger partial charge in [0.2, 0.25) is 0 Å². The van der Waals surface area contributed by atoms with Crippen LogP contribution < -0.4 is 11.1 Å². The molecular weight excluding hydrogens is 148 g/mol. The molecule has 72 valence electrons. The van der Waals surface area contributed by atoms with Crippen molar-refractivity contribution in [3.63, 3.8) is 0 Å². The highest BCUT2D eigenvalue weighted by atomic mass is 14.9. The largest absolute Gasteiger partial charge is 0.326 e. The molecule has 1 aliphatic carbocycles. The third kappa shape index (κ3) is 2.76. The van der Waals surface area contributed by atoms with Crippen molar-refractivity contribution in [2.45, 2.75) is 45.7 Å². The standard InChI is InChI=1S/C10H22N2/c1-7(2)12-6-10(11)9-4-8(3)5-9/h7-10,12H,4-6,11H2,1-3H3. The van der Waals surface area contributed by atoms with E-state index in [-0.39, 0.29) is 0 Å². The number of hydrogen-bond acceptors (Lipinski definition) is 2. The Morgan fingerprint density at radius 2 is 2.00 bits per heavy atom. The molecule has 0 aromatic rings. The van der Waals surface area contributed by atoms with Gasteiger partial charge in [-0.15, -0.1) is 0 Å². The molecular formula is C10H22N2. The van der Waals surface area contributed by atoms with Crippen molar-refractivity contribution < 1.29 is 0 Å². The average molecular weight is 170 g/mol. The van der Waals surface area contributed by atoms with Gasteiger partial charge in [-0.1, -0.05) is 20.8 Å². The van der Waals surface area contributed by atoms with Crippen molar-refractivity contribution >= 4 is 0 Å². The van der Waals surface area contributed by atoms with E-state index in [1.165, 1.54) is 12.8 Å². The Morgan fingerprint density at radius 1 is 1.42 bits per heavy atom. The highest BCUT2D eigenvalue weighted by Crippen LogP contribution is 2.34. The zero-order chi connectivity index (χ0) is 9.14. The van der Waals surface area contributed by atoms with E-state index in [4.69, 9.17) is 5.73 Å². The predicted molar refractivity (Wildman–Crippen MR) is 53.0 cm³/mol. The number of rotatable bonds is 4. The Bertz CT molecular complexity index is 128. The molecule has 2 heteroatoms. The fourth-order valence-electron chi connectivity index (χ4n) is 1.85. The molecule has 3 N–H and O–H groups in total. The molecule has 12 heavy (non-hydrogen) atoms. The van der Waals surface area contributed by atoms with Gasteiger partial charge < -0.3 is 11.1 Å². The second-order valence-electron chi connectivity index (χ2n) is 4.56. The Labute approximate surface area is 75.9 Å². The van der Waals surface area contributed by atoms with Crippen molar-refractivity contribution in [2.75, 3.05) is 6.54 Å². The second-order valence-corrected chi connectivity index (χ2v) is 4.56. The topological polar surface area (TPSA) is 38.0 Å². The van der Waals surface area contributed by atoms with Gasteiger partial charge in [-0.3, -0.25) is 0 Å². The van der Waals surface area contributed by atoms with Crippen LogP contribution in [0.4, 0.5) is 0 Å². The number of nitrogens with two attached hydrogens (primary N) is 1. The molecule has 1 aliphatic rings. The molecule has 1 saturated carbocycles. The lowest BCUT2D eigenvalue weighted by Crippen LogP contribution is -2.46. The molecule has 0 amide bonds. The first-order chi connectivity index (χ1) is 5.59. The summed E-state index contributed by atoms with van der Waals surface area (Å²) in [5.74, 6) is 1.70. The molecule has 0 aromatic carbocycles. The van der Waals surface area contributed by atoms with Crippen molar-refractivity contribution in [3.8, 4) is 0 Å². The molecule has 0 aliphatic heterocycles. The summed E-state index contributed by atoms with van der Waals surface area (Å²) in [5.41, 5.74) is 6.03. The van der Waals surface area contributed by atoms with Crippen LogP contribution in [-0.2, 0) is 0 Å². The van der Waals surface area contributed by atoms with Crippen LogP contribution in [0.2, 0.25) is 0 Å². The fraction of sp³-hybridized carbons (Fsp3) is 1.00. The SMILES string of the molecule is CC1CC(C(N)CNC(C)C)C1. The van der Waals surface area contributed by atoms with Gasteiger partial charge in [-0.25, -0.2) is 0 Å². The Morgan fingerprint density at radius 3 is 2.42 bits per heavy atom. The fourth-order valence-corrected chi connectivity index (χ4v) is 1.85. The Balaban J connectivity index is 2.08.